The lowest BCUT2D eigenvalue weighted by molar-refractivity contribution is 0.959. The molecular formula is C7H11N3. The average molecular weight is 137 g/mol. The first kappa shape index (κ1) is 7.02. The average Bonchev–Trinajstić information content (AvgIpc) is 1.88. The second-order valence-electron chi connectivity index (χ2n) is 2.17. The smallest absolute Gasteiger partial charge is 0.0503 e. The standard InChI is InChI=1S/C7H11N3/c8-2-1-6-3-7(9)5-10-4-6/h3-5H,1-2,8-9H2. The highest BCUT2D eigenvalue weighted by atomic mass is 14.7. The molecule has 0 aromatic carbocycles. The Morgan fingerprint density at radius 3 is 2.80 bits per heavy atom. The lowest BCUT2D eigenvalue weighted by Crippen LogP contribution is -2.03. The van der Waals surface area contributed by atoms with E-state index in [-0.39, 0.29) is 0 Å². The first-order chi connectivity index (χ1) is 4.83. The summed E-state index contributed by atoms with van der Waals surface area (Å²) in [6.07, 6.45) is 4.25. The van der Waals surface area contributed by atoms with Crippen molar-refractivity contribution in [2.75, 3.05) is 12.3 Å². The molecule has 0 aliphatic heterocycles. The van der Waals surface area contributed by atoms with Gasteiger partial charge in [0.1, 0.15) is 0 Å². The maximum atomic E-state index is 5.49. The normalized spacial score (nSPS) is 9.70. The van der Waals surface area contributed by atoms with Crippen LogP contribution in [-0.2, 0) is 6.42 Å². The van der Waals surface area contributed by atoms with Crippen LogP contribution in [0, 0.1) is 0 Å². The lowest BCUT2D eigenvalue weighted by Gasteiger charge is -1.97. The molecule has 1 aromatic rings. The van der Waals surface area contributed by atoms with Crippen LogP contribution in [0.4, 0.5) is 5.69 Å². The van der Waals surface area contributed by atoms with E-state index in [2.05, 4.69) is 4.98 Å². The molecule has 0 amide bonds. The van der Waals surface area contributed by atoms with Gasteiger partial charge in [0, 0.05) is 12.4 Å². The van der Waals surface area contributed by atoms with Crippen LogP contribution in [0.15, 0.2) is 18.5 Å². The zero-order valence-electron chi connectivity index (χ0n) is 5.75. The Kier molecular flexibility index (Phi) is 2.23. The number of hydrogen-bond acceptors (Lipinski definition) is 3. The molecule has 0 bridgehead atoms. The Balaban J connectivity index is 2.75. The van der Waals surface area contributed by atoms with E-state index in [0.717, 1.165) is 12.0 Å². The predicted molar refractivity (Wildman–Crippen MR) is 41.4 cm³/mol. The van der Waals surface area contributed by atoms with Gasteiger partial charge in [0.05, 0.1) is 5.69 Å². The lowest BCUT2D eigenvalue weighted by atomic mass is 10.2. The highest BCUT2D eigenvalue weighted by Crippen LogP contribution is 2.02. The first-order valence-electron chi connectivity index (χ1n) is 3.22. The summed E-state index contributed by atoms with van der Waals surface area (Å²) in [5, 5.41) is 0. The summed E-state index contributed by atoms with van der Waals surface area (Å²) in [6.45, 7) is 0.644. The van der Waals surface area contributed by atoms with Crippen LogP contribution in [-0.4, -0.2) is 11.5 Å². The zero-order chi connectivity index (χ0) is 7.40. The fourth-order valence-electron chi connectivity index (χ4n) is 0.811. The number of nitrogen functional groups attached to an aromatic ring is 1. The van der Waals surface area contributed by atoms with Crippen molar-refractivity contribution in [1.29, 1.82) is 0 Å². The van der Waals surface area contributed by atoms with Crippen LogP contribution in [0.25, 0.3) is 0 Å². The number of anilines is 1. The third-order valence-corrected chi connectivity index (χ3v) is 1.25. The minimum Gasteiger partial charge on any atom is -0.397 e. The predicted octanol–water partition coefficient (Wildman–Crippen LogP) is 0.165. The second-order valence-corrected chi connectivity index (χ2v) is 2.17. The van der Waals surface area contributed by atoms with E-state index in [0.29, 0.717) is 12.2 Å². The number of aromatic nitrogens is 1. The van der Waals surface area contributed by atoms with Gasteiger partial charge in [0.25, 0.3) is 0 Å². The summed E-state index contributed by atoms with van der Waals surface area (Å²) in [4.78, 5) is 3.92. The van der Waals surface area contributed by atoms with Gasteiger partial charge in [-0.25, -0.2) is 0 Å². The Morgan fingerprint density at radius 1 is 1.40 bits per heavy atom. The summed E-state index contributed by atoms with van der Waals surface area (Å²) in [5.41, 5.74) is 12.6. The minimum atomic E-state index is 0.644. The van der Waals surface area contributed by atoms with Gasteiger partial charge in [-0.1, -0.05) is 0 Å². The molecule has 0 saturated heterocycles. The number of rotatable bonds is 2. The Bertz CT molecular complexity index is 210. The van der Waals surface area contributed by atoms with Gasteiger partial charge in [-0.3, -0.25) is 4.98 Å². The molecule has 54 valence electrons. The molecule has 0 aliphatic carbocycles. The molecule has 1 aromatic heterocycles. The first-order valence-corrected chi connectivity index (χ1v) is 3.22. The van der Waals surface area contributed by atoms with Crippen LogP contribution in [0.1, 0.15) is 5.56 Å². The molecule has 10 heavy (non-hydrogen) atoms. The quantitative estimate of drug-likeness (QED) is 0.610. The van der Waals surface area contributed by atoms with Crippen molar-refractivity contribution >= 4 is 5.69 Å². The van der Waals surface area contributed by atoms with E-state index in [9.17, 15) is 0 Å². The van der Waals surface area contributed by atoms with Crippen molar-refractivity contribution in [2.45, 2.75) is 6.42 Å². The van der Waals surface area contributed by atoms with Gasteiger partial charge >= 0.3 is 0 Å². The Hall–Kier alpha value is -1.09. The van der Waals surface area contributed by atoms with Crippen LogP contribution in [0.2, 0.25) is 0 Å². The SMILES string of the molecule is NCCc1cncc(N)c1. The molecular weight excluding hydrogens is 126 g/mol. The largest absolute Gasteiger partial charge is 0.397 e. The van der Waals surface area contributed by atoms with E-state index >= 15 is 0 Å². The van der Waals surface area contributed by atoms with Gasteiger partial charge in [0.15, 0.2) is 0 Å². The van der Waals surface area contributed by atoms with Crippen molar-refractivity contribution in [1.82, 2.24) is 4.98 Å². The summed E-state index contributed by atoms with van der Waals surface area (Å²) in [7, 11) is 0. The van der Waals surface area contributed by atoms with Crippen molar-refractivity contribution in [3.63, 3.8) is 0 Å². The number of nitrogens with zero attached hydrogens (tertiary/aromatic N) is 1. The van der Waals surface area contributed by atoms with Gasteiger partial charge in [-0.15, -0.1) is 0 Å². The fourth-order valence-corrected chi connectivity index (χ4v) is 0.811. The molecule has 0 fully saturated rings. The molecule has 3 nitrogen and oxygen atoms in total. The maximum Gasteiger partial charge on any atom is 0.0503 e. The van der Waals surface area contributed by atoms with Crippen molar-refractivity contribution in [2.24, 2.45) is 5.73 Å². The number of hydrogen-bond donors (Lipinski definition) is 2. The molecule has 1 heterocycles. The number of nitrogens with two attached hydrogens (primary N) is 2. The van der Waals surface area contributed by atoms with E-state index in [4.69, 9.17) is 11.5 Å². The molecule has 0 unspecified atom stereocenters. The molecule has 3 heteroatoms. The van der Waals surface area contributed by atoms with Gasteiger partial charge in [-0.2, -0.15) is 0 Å². The Labute approximate surface area is 60.1 Å². The van der Waals surface area contributed by atoms with Crippen LogP contribution in [0.3, 0.4) is 0 Å². The monoisotopic (exact) mass is 137 g/mol. The second kappa shape index (κ2) is 3.17. The fraction of sp³-hybridized carbons (Fsp3) is 0.286. The van der Waals surface area contributed by atoms with Gasteiger partial charge < -0.3 is 11.5 Å². The summed E-state index contributed by atoms with van der Waals surface area (Å²) >= 11 is 0. The molecule has 0 saturated carbocycles. The third-order valence-electron chi connectivity index (χ3n) is 1.25. The summed E-state index contributed by atoms with van der Waals surface area (Å²) < 4.78 is 0. The third kappa shape index (κ3) is 1.70. The van der Waals surface area contributed by atoms with Crippen LogP contribution >= 0.6 is 0 Å². The molecule has 1 rings (SSSR count). The molecule has 4 N–H and O–H groups in total. The van der Waals surface area contributed by atoms with E-state index in [1.54, 1.807) is 12.4 Å². The summed E-state index contributed by atoms with van der Waals surface area (Å²) in [6, 6.07) is 1.89. The van der Waals surface area contributed by atoms with Crippen LogP contribution < -0.4 is 11.5 Å². The van der Waals surface area contributed by atoms with E-state index in [1.165, 1.54) is 0 Å². The topological polar surface area (TPSA) is 64.9 Å². The zero-order valence-corrected chi connectivity index (χ0v) is 5.75. The molecule has 0 radical (unpaired) electrons. The maximum absolute atomic E-state index is 5.49. The highest BCUT2D eigenvalue weighted by molar-refractivity contribution is 5.36. The Morgan fingerprint density at radius 2 is 2.20 bits per heavy atom. The van der Waals surface area contributed by atoms with Gasteiger partial charge in [0.2, 0.25) is 0 Å². The van der Waals surface area contributed by atoms with Crippen molar-refractivity contribution in [3.8, 4) is 0 Å². The molecule has 0 atom stereocenters. The number of pyridine rings is 1. The van der Waals surface area contributed by atoms with E-state index < -0.39 is 0 Å². The highest BCUT2D eigenvalue weighted by Gasteiger charge is 1.90. The van der Waals surface area contributed by atoms with Gasteiger partial charge in [-0.05, 0) is 24.6 Å². The van der Waals surface area contributed by atoms with Crippen molar-refractivity contribution < 1.29 is 0 Å². The molecule has 0 aliphatic rings. The minimum absolute atomic E-state index is 0.644. The molecule has 0 spiro atoms. The van der Waals surface area contributed by atoms with E-state index in [1.807, 2.05) is 6.07 Å². The summed E-state index contributed by atoms with van der Waals surface area (Å²) in [5.74, 6) is 0. The van der Waals surface area contributed by atoms with Crippen LogP contribution in [0.5, 0.6) is 0 Å². The van der Waals surface area contributed by atoms with Crippen molar-refractivity contribution in [3.05, 3.63) is 24.0 Å².